The summed E-state index contributed by atoms with van der Waals surface area (Å²) in [6, 6.07) is 4.17. The average molecular weight is 378 g/mol. The van der Waals surface area contributed by atoms with Gasteiger partial charge < -0.3 is 4.90 Å². The Morgan fingerprint density at radius 1 is 0.963 bits per heavy atom. The number of alkyl halides is 3. The summed E-state index contributed by atoms with van der Waals surface area (Å²) in [7, 11) is 0. The van der Waals surface area contributed by atoms with Crippen molar-refractivity contribution in [2.24, 2.45) is 11.8 Å². The largest absolute Gasteiger partial charge is 0.417 e. The molecule has 2 atom stereocenters. The van der Waals surface area contributed by atoms with Gasteiger partial charge >= 0.3 is 6.18 Å². The normalized spacial score (nSPS) is 25.6. The third-order valence-electron chi connectivity index (χ3n) is 5.52. The highest BCUT2D eigenvalue weighted by atomic mass is 19.4. The zero-order chi connectivity index (χ0) is 19.3. The molecule has 0 spiro atoms. The maximum Gasteiger partial charge on any atom is 0.417 e. The first kappa shape index (κ1) is 17.8. The number of nitrogens with zero attached hydrogens (tertiary/aromatic N) is 2. The number of rotatable bonds is 2. The third-order valence-corrected chi connectivity index (χ3v) is 5.52. The predicted octanol–water partition coefficient (Wildman–Crippen LogP) is 2.48. The van der Waals surface area contributed by atoms with Gasteiger partial charge in [-0.15, -0.1) is 0 Å². The molecule has 0 radical (unpaired) electrons. The molecule has 3 amide bonds. The van der Waals surface area contributed by atoms with Crippen LogP contribution in [-0.2, 0) is 15.8 Å². The number of imide groups is 1. The Labute approximate surface area is 153 Å². The van der Waals surface area contributed by atoms with Gasteiger partial charge in [0.05, 0.1) is 29.0 Å². The second-order valence-electron chi connectivity index (χ2n) is 7.11. The zero-order valence-corrected chi connectivity index (χ0v) is 14.3. The molecule has 2 fully saturated rings. The number of likely N-dealkylation sites (tertiary alicyclic amines) is 2. The van der Waals surface area contributed by atoms with Crippen LogP contribution in [0.15, 0.2) is 36.4 Å². The summed E-state index contributed by atoms with van der Waals surface area (Å²) in [6.07, 6.45) is 0.210. The van der Waals surface area contributed by atoms with Crippen LogP contribution in [0, 0.1) is 11.8 Å². The molecule has 0 bridgehead atoms. The highest BCUT2D eigenvalue weighted by Gasteiger charge is 2.52. The average Bonchev–Trinajstić information content (AvgIpc) is 2.85. The van der Waals surface area contributed by atoms with Gasteiger partial charge in [0.2, 0.25) is 11.8 Å². The van der Waals surface area contributed by atoms with Crippen molar-refractivity contribution < 1.29 is 27.6 Å². The number of hydrogen-bond donors (Lipinski definition) is 0. The molecule has 1 aromatic carbocycles. The molecule has 8 heteroatoms. The number of carbonyl (C=O) groups is 3. The Balaban J connectivity index is 1.47. The van der Waals surface area contributed by atoms with E-state index in [0.29, 0.717) is 12.8 Å². The molecule has 1 aliphatic carbocycles. The zero-order valence-electron chi connectivity index (χ0n) is 14.3. The minimum atomic E-state index is -4.62. The number of carbonyl (C=O) groups excluding carboxylic acids is 3. The maximum atomic E-state index is 13.1. The molecule has 142 valence electrons. The van der Waals surface area contributed by atoms with Gasteiger partial charge in [-0.25, -0.2) is 0 Å². The number of allylic oxidation sites excluding steroid dienone is 2. The molecular weight excluding hydrogens is 361 g/mol. The van der Waals surface area contributed by atoms with Crippen LogP contribution in [0.5, 0.6) is 0 Å². The molecule has 1 aromatic rings. The van der Waals surface area contributed by atoms with E-state index >= 15 is 0 Å². The number of amides is 3. The van der Waals surface area contributed by atoms with Crippen LogP contribution >= 0.6 is 0 Å². The molecule has 0 saturated carbocycles. The summed E-state index contributed by atoms with van der Waals surface area (Å²) in [5.41, 5.74) is -1.40. The van der Waals surface area contributed by atoms with Crippen LogP contribution in [0.3, 0.4) is 0 Å². The fourth-order valence-electron chi connectivity index (χ4n) is 4.06. The molecule has 2 unspecified atom stereocenters. The van der Waals surface area contributed by atoms with Crippen LogP contribution in [0.25, 0.3) is 0 Å². The van der Waals surface area contributed by atoms with Gasteiger partial charge in [0.1, 0.15) is 0 Å². The van der Waals surface area contributed by atoms with Gasteiger partial charge in [-0.05, 0) is 25.0 Å². The van der Waals surface area contributed by atoms with Gasteiger partial charge in [0.25, 0.3) is 5.91 Å². The van der Waals surface area contributed by atoms with E-state index in [1.165, 1.54) is 21.9 Å². The number of fused-ring (bicyclic) bond motifs is 1. The van der Waals surface area contributed by atoms with E-state index in [0.717, 1.165) is 12.1 Å². The predicted molar refractivity (Wildman–Crippen MR) is 88.3 cm³/mol. The SMILES string of the molecule is O=C(c1ccccc1C(F)(F)F)N1CC(N2C(=O)C3CC=CCC3C2=O)C1. The lowest BCUT2D eigenvalue weighted by Crippen LogP contribution is -2.62. The standard InChI is InChI=1S/C19H17F3N2O3/c20-19(21,22)15-8-4-3-7-14(15)16(25)23-9-11(10-23)24-17(26)12-5-1-2-6-13(12)18(24)27/h1-4,7-8,11-13H,5-6,9-10H2. The maximum absolute atomic E-state index is 13.1. The van der Waals surface area contributed by atoms with Crippen molar-refractivity contribution in [3.63, 3.8) is 0 Å². The molecule has 2 saturated heterocycles. The van der Waals surface area contributed by atoms with E-state index in [1.807, 2.05) is 12.2 Å². The summed E-state index contributed by atoms with van der Waals surface area (Å²) in [5.74, 6) is -1.90. The van der Waals surface area contributed by atoms with Crippen molar-refractivity contribution in [3.05, 3.63) is 47.5 Å². The van der Waals surface area contributed by atoms with Crippen molar-refractivity contribution in [1.82, 2.24) is 9.80 Å². The molecule has 2 aliphatic heterocycles. The molecule has 4 rings (SSSR count). The van der Waals surface area contributed by atoms with Gasteiger partial charge in [-0.3, -0.25) is 19.3 Å². The Morgan fingerprint density at radius 2 is 1.52 bits per heavy atom. The number of halogens is 3. The molecule has 0 N–H and O–H groups in total. The van der Waals surface area contributed by atoms with E-state index < -0.39 is 29.3 Å². The van der Waals surface area contributed by atoms with Crippen molar-refractivity contribution in [1.29, 1.82) is 0 Å². The molecule has 5 nitrogen and oxygen atoms in total. The van der Waals surface area contributed by atoms with E-state index in [1.54, 1.807) is 0 Å². The molecule has 3 aliphatic rings. The van der Waals surface area contributed by atoms with Crippen molar-refractivity contribution in [3.8, 4) is 0 Å². The van der Waals surface area contributed by atoms with Crippen LogP contribution in [0.1, 0.15) is 28.8 Å². The summed E-state index contributed by atoms with van der Waals surface area (Å²) < 4.78 is 39.3. The lowest BCUT2D eigenvalue weighted by Gasteiger charge is -2.43. The summed E-state index contributed by atoms with van der Waals surface area (Å²) in [4.78, 5) is 40.0. The second kappa shape index (κ2) is 6.21. The second-order valence-corrected chi connectivity index (χ2v) is 7.11. The minimum Gasteiger partial charge on any atom is -0.334 e. The lowest BCUT2D eigenvalue weighted by molar-refractivity contribution is -0.145. The van der Waals surface area contributed by atoms with Gasteiger partial charge in [0, 0.05) is 13.1 Å². The van der Waals surface area contributed by atoms with Crippen molar-refractivity contribution >= 4 is 17.7 Å². The first-order valence-corrected chi connectivity index (χ1v) is 8.76. The fraction of sp³-hybridized carbons (Fsp3) is 0.421. The van der Waals surface area contributed by atoms with Gasteiger partial charge in [-0.1, -0.05) is 24.3 Å². The highest BCUT2D eigenvalue weighted by Crippen LogP contribution is 2.38. The van der Waals surface area contributed by atoms with E-state index in [4.69, 9.17) is 0 Å². The van der Waals surface area contributed by atoms with Crippen LogP contribution in [0.4, 0.5) is 13.2 Å². The number of hydrogen-bond acceptors (Lipinski definition) is 3. The minimum absolute atomic E-state index is 0.0649. The molecule has 2 heterocycles. The Hall–Kier alpha value is -2.64. The summed E-state index contributed by atoms with van der Waals surface area (Å²) >= 11 is 0. The Kier molecular flexibility index (Phi) is 4.09. The van der Waals surface area contributed by atoms with Crippen LogP contribution < -0.4 is 0 Å². The van der Waals surface area contributed by atoms with Gasteiger partial charge in [-0.2, -0.15) is 13.2 Å². The Bertz CT molecular complexity index is 817. The first-order chi connectivity index (χ1) is 12.8. The summed E-state index contributed by atoms with van der Waals surface area (Å²) in [6.45, 7) is 0.130. The smallest absolute Gasteiger partial charge is 0.334 e. The monoisotopic (exact) mass is 378 g/mol. The highest BCUT2D eigenvalue weighted by molar-refractivity contribution is 6.06. The fourth-order valence-corrected chi connectivity index (χ4v) is 4.06. The first-order valence-electron chi connectivity index (χ1n) is 8.76. The topological polar surface area (TPSA) is 57.7 Å². The van der Waals surface area contributed by atoms with E-state index in [-0.39, 0.29) is 36.7 Å². The van der Waals surface area contributed by atoms with Gasteiger partial charge in [0.15, 0.2) is 0 Å². The van der Waals surface area contributed by atoms with Crippen molar-refractivity contribution in [2.75, 3.05) is 13.1 Å². The van der Waals surface area contributed by atoms with E-state index in [9.17, 15) is 27.6 Å². The lowest BCUT2D eigenvalue weighted by atomic mass is 9.85. The molecule has 0 aromatic heterocycles. The number of benzene rings is 1. The van der Waals surface area contributed by atoms with Crippen LogP contribution in [0.2, 0.25) is 0 Å². The molecular formula is C19H17F3N2O3. The van der Waals surface area contributed by atoms with Crippen LogP contribution in [-0.4, -0.2) is 46.7 Å². The Morgan fingerprint density at radius 3 is 2.07 bits per heavy atom. The third kappa shape index (κ3) is 2.83. The van der Waals surface area contributed by atoms with Crippen molar-refractivity contribution in [2.45, 2.75) is 25.1 Å². The summed E-state index contributed by atoms with van der Waals surface area (Å²) in [5, 5.41) is 0. The van der Waals surface area contributed by atoms with E-state index in [2.05, 4.69) is 0 Å². The molecule has 27 heavy (non-hydrogen) atoms. The quantitative estimate of drug-likeness (QED) is 0.587.